The van der Waals surface area contributed by atoms with Gasteiger partial charge in [-0.05, 0) is 44.4 Å². The Labute approximate surface area is 189 Å². The fourth-order valence-corrected chi connectivity index (χ4v) is 4.36. The third-order valence-corrected chi connectivity index (χ3v) is 6.49. The molecule has 160 valence electrons. The van der Waals surface area contributed by atoms with Crippen molar-refractivity contribution in [3.63, 3.8) is 0 Å². The Morgan fingerprint density at radius 2 is 1.87 bits per heavy atom. The standard InChI is InChI=1S/C22H22ClN5O2S/c1-13-5-8-15(9-6-13)20-26-27-21(31-20)25-19(29)18-4-3-11-28(18)22(30)24-16-10-7-14(2)17(23)12-16/h5-10,12,18H,3-4,11H2,1-2H3,(H,24,30)(H,25,27,29). The van der Waals surface area contributed by atoms with Gasteiger partial charge < -0.3 is 10.2 Å². The van der Waals surface area contributed by atoms with Crippen LogP contribution in [0.1, 0.15) is 24.0 Å². The Kier molecular flexibility index (Phi) is 6.20. The van der Waals surface area contributed by atoms with Gasteiger partial charge in [-0.15, -0.1) is 10.2 Å². The average molecular weight is 456 g/mol. The zero-order valence-electron chi connectivity index (χ0n) is 17.2. The topological polar surface area (TPSA) is 87.2 Å². The van der Waals surface area contributed by atoms with Crippen LogP contribution in [0.3, 0.4) is 0 Å². The number of hydrogen-bond acceptors (Lipinski definition) is 5. The van der Waals surface area contributed by atoms with Crippen LogP contribution in [0.4, 0.5) is 15.6 Å². The lowest BCUT2D eigenvalue weighted by molar-refractivity contribution is -0.119. The van der Waals surface area contributed by atoms with E-state index in [1.807, 2.05) is 44.2 Å². The van der Waals surface area contributed by atoms with Gasteiger partial charge in [-0.25, -0.2) is 4.79 Å². The van der Waals surface area contributed by atoms with E-state index in [2.05, 4.69) is 20.8 Å². The minimum absolute atomic E-state index is 0.263. The largest absolute Gasteiger partial charge is 0.322 e. The quantitative estimate of drug-likeness (QED) is 0.572. The molecule has 1 aromatic heterocycles. The van der Waals surface area contributed by atoms with Gasteiger partial charge in [0.05, 0.1) is 0 Å². The molecule has 3 amide bonds. The Morgan fingerprint density at radius 3 is 2.61 bits per heavy atom. The minimum atomic E-state index is -0.562. The number of nitrogens with one attached hydrogen (secondary N) is 2. The zero-order valence-corrected chi connectivity index (χ0v) is 18.8. The normalized spacial score (nSPS) is 15.7. The second-order valence-corrected chi connectivity index (χ2v) is 8.90. The van der Waals surface area contributed by atoms with Crippen molar-refractivity contribution in [1.82, 2.24) is 15.1 Å². The van der Waals surface area contributed by atoms with E-state index in [9.17, 15) is 9.59 Å². The van der Waals surface area contributed by atoms with Gasteiger partial charge in [0, 0.05) is 22.8 Å². The predicted molar refractivity (Wildman–Crippen MR) is 124 cm³/mol. The number of carbonyl (C=O) groups is 2. The molecule has 0 saturated carbocycles. The number of benzene rings is 2. The first-order valence-electron chi connectivity index (χ1n) is 9.96. The van der Waals surface area contributed by atoms with Crippen LogP contribution in [0.2, 0.25) is 5.02 Å². The number of aromatic nitrogens is 2. The number of anilines is 2. The number of hydrogen-bond donors (Lipinski definition) is 2. The summed E-state index contributed by atoms with van der Waals surface area (Å²) in [4.78, 5) is 27.2. The van der Waals surface area contributed by atoms with Crippen molar-refractivity contribution in [2.75, 3.05) is 17.2 Å². The van der Waals surface area contributed by atoms with Crippen LogP contribution in [0.5, 0.6) is 0 Å². The maximum atomic E-state index is 12.9. The highest BCUT2D eigenvalue weighted by atomic mass is 35.5. The summed E-state index contributed by atoms with van der Waals surface area (Å²) in [7, 11) is 0. The summed E-state index contributed by atoms with van der Waals surface area (Å²) in [6.07, 6.45) is 1.35. The maximum Gasteiger partial charge on any atom is 0.322 e. The van der Waals surface area contributed by atoms with E-state index < -0.39 is 6.04 Å². The molecule has 2 N–H and O–H groups in total. The number of likely N-dealkylation sites (tertiary alicyclic amines) is 1. The summed E-state index contributed by atoms with van der Waals surface area (Å²) in [5, 5.41) is 15.6. The molecule has 2 aromatic carbocycles. The van der Waals surface area contributed by atoms with Gasteiger partial charge in [-0.2, -0.15) is 0 Å². The van der Waals surface area contributed by atoms with Gasteiger partial charge in [0.1, 0.15) is 11.0 Å². The Morgan fingerprint density at radius 1 is 1.10 bits per heavy atom. The van der Waals surface area contributed by atoms with Crippen LogP contribution in [-0.4, -0.2) is 39.6 Å². The van der Waals surface area contributed by atoms with Crippen LogP contribution in [-0.2, 0) is 4.79 Å². The fourth-order valence-electron chi connectivity index (χ4n) is 3.42. The molecule has 7 nitrogen and oxygen atoms in total. The molecule has 3 aromatic rings. The first kappa shape index (κ1) is 21.3. The van der Waals surface area contributed by atoms with Crippen LogP contribution < -0.4 is 10.6 Å². The number of carbonyl (C=O) groups excluding carboxylic acids is 2. The lowest BCUT2D eigenvalue weighted by Gasteiger charge is -2.24. The van der Waals surface area contributed by atoms with Gasteiger partial charge in [0.2, 0.25) is 11.0 Å². The first-order chi connectivity index (χ1) is 14.9. The van der Waals surface area contributed by atoms with Gasteiger partial charge in [0.15, 0.2) is 0 Å². The number of urea groups is 1. The summed E-state index contributed by atoms with van der Waals surface area (Å²) in [6.45, 7) is 4.42. The van der Waals surface area contributed by atoms with E-state index in [1.54, 1.807) is 17.0 Å². The molecule has 1 atom stereocenters. The molecule has 1 saturated heterocycles. The molecule has 9 heteroatoms. The number of rotatable bonds is 4. The molecule has 4 rings (SSSR count). The lowest BCUT2D eigenvalue weighted by Crippen LogP contribution is -2.45. The van der Waals surface area contributed by atoms with Gasteiger partial charge in [-0.3, -0.25) is 10.1 Å². The van der Waals surface area contributed by atoms with Crippen molar-refractivity contribution < 1.29 is 9.59 Å². The van der Waals surface area contributed by atoms with E-state index in [-0.39, 0.29) is 11.9 Å². The van der Waals surface area contributed by atoms with E-state index >= 15 is 0 Å². The van der Waals surface area contributed by atoms with Gasteiger partial charge in [0.25, 0.3) is 0 Å². The van der Waals surface area contributed by atoms with Gasteiger partial charge >= 0.3 is 6.03 Å². The molecule has 31 heavy (non-hydrogen) atoms. The fraction of sp³-hybridized carbons (Fsp3) is 0.273. The first-order valence-corrected chi connectivity index (χ1v) is 11.2. The molecule has 1 fully saturated rings. The summed E-state index contributed by atoms with van der Waals surface area (Å²) in [5.74, 6) is -0.263. The average Bonchev–Trinajstić information content (AvgIpc) is 3.41. The Bertz CT molecular complexity index is 1120. The molecule has 0 radical (unpaired) electrons. The zero-order chi connectivity index (χ0) is 22.0. The lowest BCUT2D eigenvalue weighted by atomic mass is 10.2. The SMILES string of the molecule is Cc1ccc(-c2nnc(NC(=O)C3CCCN3C(=O)Nc3ccc(C)c(Cl)c3)s2)cc1. The third kappa shape index (κ3) is 4.86. The highest BCUT2D eigenvalue weighted by molar-refractivity contribution is 7.18. The number of aryl methyl sites for hydroxylation is 2. The number of halogens is 1. The molecule has 0 aliphatic carbocycles. The maximum absolute atomic E-state index is 12.9. The molecule has 2 heterocycles. The Hall–Kier alpha value is -2.97. The molecule has 1 aliphatic rings. The van der Waals surface area contributed by atoms with Crippen molar-refractivity contribution in [3.8, 4) is 10.6 Å². The Balaban J connectivity index is 1.41. The summed E-state index contributed by atoms with van der Waals surface area (Å²) < 4.78 is 0. The molecule has 0 bridgehead atoms. The van der Waals surface area contributed by atoms with Crippen molar-refractivity contribution in [2.45, 2.75) is 32.7 Å². The molecule has 0 spiro atoms. The van der Waals surface area contributed by atoms with Crippen LogP contribution >= 0.6 is 22.9 Å². The molecular formula is C22H22ClN5O2S. The number of amides is 3. The van der Waals surface area contributed by atoms with E-state index in [0.717, 1.165) is 28.1 Å². The minimum Gasteiger partial charge on any atom is -0.312 e. The third-order valence-electron chi connectivity index (χ3n) is 5.19. The van der Waals surface area contributed by atoms with Crippen molar-refractivity contribution in [2.24, 2.45) is 0 Å². The molecular weight excluding hydrogens is 434 g/mol. The second kappa shape index (κ2) is 9.03. The monoisotopic (exact) mass is 455 g/mol. The smallest absolute Gasteiger partial charge is 0.312 e. The molecule has 1 aliphatic heterocycles. The highest BCUT2D eigenvalue weighted by Crippen LogP contribution is 2.28. The highest BCUT2D eigenvalue weighted by Gasteiger charge is 2.34. The summed E-state index contributed by atoms with van der Waals surface area (Å²) in [6, 6.07) is 12.4. The van der Waals surface area contributed by atoms with E-state index in [4.69, 9.17) is 11.6 Å². The van der Waals surface area contributed by atoms with Crippen molar-refractivity contribution in [3.05, 3.63) is 58.6 Å². The van der Waals surface area contributed by atoms with Crippen molar-refractivity contribution in [1.29, 1.82) is 0 Å². The van der Waals surface area contributed by atoms with Crippen molar-refractivity contribution >= 4 is 45.7 Å². The molecule has 1 unspecified atom stereocenters. The van der Waals surface area contributed by atoms with Crippen LogP contribution in [0.25, 0.3) is 10.6 Å². The number of nitrogens with zero attached hydrogens (tertiary/aromatic N) is 3. The van der Waals surface area contributed by atoms with Crippen LogP contribution in [0, 0.1) is 13.8 Å². The predicted octanol–water partition coefficient (Wildman–Crippen LogP) is 5.11. The second-order valence-electron chi connectivity index (χ2n) is 7.51. The van der Waals surface area contributed by atoms with Gasteiger partial charge in [-0.1, -0.05) is 58.8 Å². The van der Waals surface area contributed by atoms with E-state index in [1.165, 1.54) is 11.3 Å². The summed E-state index contributed by atoms with van der Waals surface area (Å²) >= 11 is 7.45. The summed E-state index contributed by atoms with van der Waals surface area (Å²) in [5.41, 5.74) is 3.63. The van der Waals surface area contributed by atoms with Crippen LogP contribution in [0.15, 0.2) is 42.5 Å². The van der Waals surface area contributed by atoms with E-state index in [0.29, 0.717) is 28.8 Å².